The highest BCUT2D eigenvalue weighted by Gasteiger charge is 2.14. The van der Waals surface area contributed by atoms with Gasteiger partial charge in [-0.2, -0.15) is 0 Å². The SMILES string of the molecule is Cc1cc(Br)c(NC(=O)c2cc(F)ccc2O)cc1Cl. The zero-order valence-corrected chi connectivity index (χ0v) is 12.7. The summed E-state index contributed by atoms with van der Waals surface area (Å²) in [6, 6.07) is 6.50. The second-order valence-electron chi connectivity index (χ2n) is 4.20. The lowest BCUT2D eigenvalue weighted by molar-refractivity contribution is 0.102. The molecular weight excluding hydrogens is 349 g/mol. The maximum absolute atomic E-state index is 13.1. The van der Waals surface area contributed by atoms with Gasteiger partial charge in [0.05, 0.1) is 11.3 Å². The molecular formula is C14H10BrClFNO2. The van der Waals surface area contributed by atoms with Crippen LogP contribution < -0.4 is 5.32 Å². The lowest BCUT2D eigenvalue weighted by Gasteiger charge is -2.10. The third-order valence-corrected chi connectivity index (χ3v) is 3.76. The van der Waals surface area contributed by atoms with Gasteiger partial charge in [0.25, 0.3) is 5.91 Å². The van der Waals surface area contributed by atoms with Crippen LogP contribution in [0, 0.1) is 12.7 Å². The molecule has 0 spiro atoms. The van der Waals surface area contributed by atoms with E-state index in [1.54, 1.807) is 12.1 Å². The van der Waals surface area contributed by atoms with Crippen LogP contribution in [-0.4, -0.2) is 11.0 Å². The molecule has 0 saturated carbocycles. The molecule has 3 nitrogen and oxygen atoms in total. The van der Waals surface area contributed by atoms with Crippen LogP contribution in [0.2, 0.25) is 5.02 Å². The molecule has 104 valence electrons. The Morgan fingerprint density at radius 2 is 2.05 bits per heavy atom. The highest BCUT2D eigenvalue weighted by Crippen LogP contribution is 2.30. The Labute approximate surface area is 128 Å². The molecule has 0 atom stereocenters. The Balaban J connectivity index is 2.32. The van der Waals surface area contributed by atoms with E-state index >= 15 is 0 Å². The van der Waals surface area contributed by atoms with Gasteiger partial charge in [-0.1, -0.05) is 11.6 Å². The minimum Gasteiger partial charge on any atom is -0.507 e. The van der Waals surface area contributed by atoms with Crippen molar-refractivity contribution < 1.29 is 14.3 Å². The first-order valence-electron chi connectivity index (χ1n) is 5.64. The Bertz CT molecular complexity index is 691. The Hall–Kier alpha value is -1.59. The van der Waals surface area contributed by atoms with Crippen LogP contribution >= 0.6 is 27.5 Å². The van der Waals surface area contributed by atoms with E-state index in [0.29, 0.717) is 15.2 Å². The second-order valence-corrected chi connectivity index (χ2v) is 5.46. The summed E-state index contributed by atoms with van der Waals surface area (Å²) in [5, 5.41) is 12.6. The van der Waals surface area contributed by atoms with Crippen molar-refractivity contribution in [3.8, 4) is 5.75 Å². The van der Waals surface area contributed by atoms with Crippen LogP contribution in [0.1, 0.15) is 15.9 Å². The number of halogens is 3. The van der Waals surface area contributed by atoms with E-state index < -0.39 is 11.7 Å². The maximum Gasteiger partial charge on any atom is 0.259 e. The van der Waals surface area contributed by atoms with Crippen LogP contribution in [0.5, 0.6) is 5.75 Å². The molecule has 6 heteroatoms. The maximum atomic E-state index is 13.1. The normalized spacial score (nSPS) is 10.4. The average molecular weight is 359 g/mol. The molecule has 0 radical (unpaired) electrons. The third kappa shape index (κ3) is 3.11. The molecule has 2 aromatic carbocycles. The van der Waals surface area contributed by atoms with Gasteiger partial charge in [0.15, 0.2) is 0 Å². The van der Waals surface area contributed by atoms with Gasteiger partial charge in [-0.15, -0.1) is 0 Å². The first kappa shape index (κ1) is 14.8. The number of amides is 1. The zero-order valence-electron chi connectivity index (χ0n) is 10.4. The molecule has 2 rings (SSSR count). The van der Waals surface area contributed by atoms with Crippen molar-refractivity contribution in [2.45, 2.75) is 6.92 Å². The van der Waals surface area contributed by atoms with Crippen LogP contribution in [-0.2, 0) is 0 Å². The predicted molar refractivity (Wildman–Crippen MR) is 79.9 cm³/mol. The minimum absolute atomic E-state index is 0.145. The molecule has 2 N–H and O–H groups in total. The van der Waals surface area contributed by atoms with E-state index in [-0.39, 0.29) is 11.3 Å². The van der Waals surface area contributed by atoms with Gasteiger partial charge in [-0.3, -0.25) is 4.79 Å². The molecule has 0 aliphatic rings. The topological polar surface area (TPSA) is 49.3 Å². The van der Waals surface area contributed by atoms with E-state index in [9.17, 15) is 14.3 Å². The summed E-state index contributed by atoms with van der Waals surface area (Å²) >= 11 is 9.30. The fraction of sp³-hybridized carbons (Fsp3) is 0.0714. The number of anilines is 1. The number of carbonyl (C=O) groups is 1. The summed E-state index contributed by atoms with van der Waals surface area (Å²) in [6.45, 7) is 1.83. The van der Waals surface area contributed by atoms with Gasteiger partial charge in [-0.05, 0) is 58.7 Å². The van der Waals surface area contributed by atoms with Gasteiger partial charge in [0.2, 0.25) is 0 Å². The number of carbonyl (C=O) groups excluding carboxylic acids is 1. The minimum atomic E-state index is -0.623. The number of hydrogen-bond donors (Lipinski definition) is 2. The first-order valence-corrected chi connectivity index (χ1v) is 6.81. The molecule has 0 heterocycles. The summed E-state index contributed by atoms with van der Waals surface area (Å²) in [5.74, 6) is -1.52. The smallest absolute Gasteiger partial charge is 0.259 e. The monoisotopic (exact) mass is 357 g/mol. The van der Waals surface area contributed by atoms with Crippen LogP contribution in [0.15, 0.2) is 34.8 Å². The summed E-state index contributed by atoms with van der Waals surface area (Å²) < 4.78 is 13.8. The molecule has 1 amide bonds. The lowest BCUT2D eigenvalue weighted by atomic mass is 10.1. The quantitative estimate of drug-likeness (QED) is 0.830. The first-order chi connectivity index (χ1) is 9.38. The number of rotatable bonds is 2. The van der Waals surface area contributed by atoms with Crippen molar-refractivity contribution in [1.82, 2.24) is 0 Å². The van der Waals surface area contributed by atoms with Gasteiger partial charge in [0, 0.05) is 9.50 Å². The highest BCUT2D eigenvalue weighted by molar-refractivity contribution is 9.10. The fourth-order valence-electron chi connectivity index (χ4n) is 1.62. The van der Waals surface area contributed by atoms with Crippen molar-refractivity contribution >= 4 is 39.1 Å². The van der Waals surface area contributed by atoms with Crippen molar-refractivity contribution in [3.63, 3.8) is 0 Å². The standard InChI is InChI=1S/C14H10BrClFNO2/c1-7-4-10(15)12(6-11(7)16)18-14(20)9-5-8(17)2-3-13(9)19/h2-6,19H,1H3,(H,18,20). The van der Waals surface area contributed by atoms with E-state index in [1.165, 1.54) is 0 Å². The van der Waals surface area contributed by atoms with E-state index in [2.05, 4.69) is 21.2 Å². The Morgan fingerprint density at radius 1 is 1.35 bits per heavy atom. The fourth-order valence-corrected chi connectivity index (χ4v) is 2.34. The molecule has 0 bridgehead atoms. The molecule has 2 aromatic rings. The molecule has 0 fully saturated rings. The summed E-state index contributed by atoms with van der Waals surface area (Å²) in [5.41, 5.74) is 1.15. The number of aryl methyl sites for hydroxylation is 1. The largest absolute Gasteiger partial charge is 0.507 e. The van der Waals surface area contributed by atoms with E-state index in [4.69, 9.17) is 11.6 Å². The molecule has 0 aliphatic carbocycles. The number of hydrogen-bond acceptors (Lipinski definition) is 2. The number of phenolic OH excluding ortho intramolecular Hbond substituents is 1. The number of benzene rings is 2. The average Bonchev–Trinajstić information content (AvgIpc) is 2.38. The summed E-state index contributed by atoms with van der Waals surface area (Å²) in [4.78, 5) is 12.0. The molecule has 0 aliphatic heterocycles. The molecule has 0 saturated heterocycles. The van der Waals surface area contributed by atoms with Crippen molar-refractivity contribution in [2.75, 3.05) is 5.32 Å². The second kappa shape index (κ2) is 5.81. The number of phenols is 1. The van der Waals surface area contributed by atoms with E-state index in [0.717, 1.165) is 23.8 Å². The van der Waals surface area contributed by atoms with Gasteiger partial charge in [0.1, 0.15) is 11.6 Å². The number of aromatic hydroxyl groups is 1. The summed E-state index contributed by atoms with van der Waals surface area (Å²) in [6.07, 6.45) is 0. The van der Waals surface area contributed by atoms with Crippen LogP contribution in [0.4, 0.5) is 10.1 Å². The molecule has 0 unspecified atom stereocenters. The summed E-state index contributed by atoms with van der Waals surface area (Å²) in [7, 11) is 0. The van der Waals surface area contributed by atoms with Crippen LogP contribution in [0.25, 0.3) is 0 Å². The van der Waals surface area contributed by atoms with Gasteiger partial charge >= 0.3 is 0 Å². The van der Waals surface area contributed by atoms with Gasteiger partial charge in [-0.25, -0.2) is 4.39 Å². The lowest BCUT2D eigenvalue weighted by Crippen LogP contribution is -2.13. The number of nitrogens with one attached hydrogen (secondary N) is 1. The Morgan fingerprint density at radius 3 is 2.75 bits per heavy atom. The van der Waals surface area contributed by atoms with Crippen molar-refractivity contribution in [2.24, 2.45) is 0 Å². The molecule has 0 aromatic heterocycles. The predicted octanol–water partition coefficient (Wildman–Crippen LogP) is 4.51. The van der Waals surface area contributed by atoms with E-state index in [1.807, 2.05) is 6.92 Å². The van der Waals surface area contributed by atoms with Crippen LogP contribution in [0.3, 0.4) is 0 Å². The molecule has 20 heavy (non-hydrogen) atoms. The van der Waals surface area contributed by atoms with Gasteiger partial charge < -0.3 is 10.4 Å². The third-order valence-electron chi connectivity index (χ3n) is 2.70. The van der Waals surface area contributed by atoms with Crippen molar-refractivity contribution in [3.05, 3.63) is 56.8 Å². The highest BCUT2D eigenvalue weighted by atomic mass is 79.9. The van der Waals surface area contributed by atoms with Crippen molar-refractivity contribution in [1.29, 1.82) is 0 Å². The Kier molecular flexibility index (Phi) is 4.30. The zero-order chi connectivity index (χ0) is 14.9.